The van der Waals surface area contributed by atoms with Crippen LogP contribution in [0.2, 0.25) is 0 Å². The molecule has 1 aromatic heterocycles. The van der Waals surface area contributed by atoms with Crippen LogP contribution in [0.5, 0.6) is 0 Å². The first-order chi connectivity index (χ1) is 8.70. The van der Waals surface area contributed by atoms with Crippen molar-refractivity contribution in [2.75, 3.05) is 11.9 Å². The monoisotopic (exact) mass is 252 g/mol. The van der Waals surface area contributed by atoms with Crippen molar-refractivity contribution in [2.24, 2.45) is 17.6 Å². The molecule has 1 fully saturated rings. The molecule has 2 atom stereocenters. The Hall–Kier alpha value is -1.10. The lowest BCUT2D eigenvalue weighted by molar-refractivity contribution is 0.250. The van der Waals surface area contributed by atoms with Gasteiger partial charge in [0.1, 0.15) is 0 Å². The Balaban J connectivity index is 1.97. The standard InChI is InChI=1S/C13H24N4O/c1-9(2)10-5-3-4-6-11(10)15-13-17-16-12(18-13)7-8-14/h9-11H,3-8,14H2,1-2H3,(H,15,17). The summed E-state index contributed by atoms with van der Waals surface area (Å²) in [6.45, 7) is 5.12. The number of rotatable bonds is 5. The van der Waals surface area contributed by atoms with E-state index in [-0.39, 0.29) is 0 Å². The molecule has 0 aliphatic heterocycles. The average Bonchev–Trinajstić information content (AvgIpc) is 2.77. The molecule has 3 N–H and O–H groups in total. The van der Waals surface area contributed by atoms with Gasteiger partial charge in [-0.1, -0.05) is 31.8 Å². The molecule has 0 radical (unpaired) electrons. The van der Waals surface area contributed by atoms with Crippen LogP contribution in [0.1, 0.15) is 45.4 Å². The van der Waals surface area contributed by atoms with Crippen LogP contribution in [0.4, 0.5) is 6.01 Å². The van der Waals surface area contributed by atoms with Crippen molar-refractivity contribution in [3.63, 3.8) is 0 Å². The van der Waals surface area contributed by atoms with E-state index in [0.29, 0.717) is 42.7 Å². The highest BCUT2D eigenvalue weighted by atomic mass is 16.4. The molecule has 5 heteroatoms. The van der Waals surface area contributed by atoms with Crippen LogP contribution in [0.15, 0.2) is 4.42 Å². The molecule has 0 spiro atoms. The third kappa shape index (κ3) is 3.22. The van der Waals surface area contributed by atoms with Crippen LogP contribution in [-0.4, -0.2) is 22.8 Å². The second-order valence-corrected chi connectivity index (χ2v) is 5.48. The summed E-state index contributed by atoms with van der Waals surface area (Å²) in [5, 5.41) is 11.4. The molecular formula is C13H24N4O. The van der Waals surface area contributed by atoms with Gasteiger partial charge >= 0.3 is 6.01 Å². The lowest BCUT2D eigenvalue weighted by Gasteiger charge is -2.34. The third-order valence-electron chi connectivity index (χ3n) is 3.81. The van der Waals surface area contributed by atoms with Crippen molar-refractivity contribution in [1.29, 1.82) is 0 Å². The van der Waals surface area contributed by atoms with Gasteiger partial charge in [0.15, 0.2) is 0 Å². The topological polar surface area (TPSA) is 77.0 Å². The van der Waals surface area contributed by atoms with Crippen molar-refractivity contribution in [2.45, 2.75) is 52.0 Å². The second-order valence-electron chi connectivity index (χ2n) is 5.48. The van der Waals surface area contributed by atoms with Crippen molar-refractivity contribution in [3.05, 3.63) is 5.89 Å². The fourth-order valence-corrected chi connectivity index (χ4v) is 2.83. The molecule has 5 nitrogen and oxygen atoms in total. The van der Waals surface area contributed by atoms with Gasteiger partial charge in [0, 0.05) is 19.0 Å². The number of aromatic nitrogens is 2. The van der Waals surface area contributed by atoms with Gasteiger partial charge in [-0.15, -0.1) is 5.10 Å². The molecule has 0 amide bonds. The van der Waals surface area contributed by atoms with Crippen LogP contribution in [0.25, 0.3) is 0 Å². The first-order valence-corrected chi connectivity index (χ1v) is 6.99. The predicted octanol–water partition coefficient (Wildman–Crippen LogP) is 2.20. The quantitative estimate of drug-likeness (QED) is 0.840. The number of hydrogen-bond donors (Lipinski definition) is 2. The molecule has 2 rings (SSSR count). The van der Waals surface area contributed by atoms with Crippen LogP contribution >= 0.6 is 0 Å². The van der Waals surface area contributed by atoms with E-state index in [9.17, 15) is 0 Å². The first kappa shape index (κ1) is 13.3. The highest BCUT2D eigenvalue weighted by molar-refractivity contribution is 5.20. The van der Waals surface area contributed by atoms with Crippen LogP contribution in [0, 0.1) is 11.8 Å². The van der Waals surface area contributed by atoms with Crippen LogP contribution in [0.3, 0.4) is 0 Å². The lowest BCUT2D eigenvalue weighted by atomic mass is 9.78. The second kappa shape index (κ2) is 6.18. The van der Waals surface area contributed by atoms with Crippen molar-refractivity contribution in [3.8, 4) is 0 Å². The van der Waals surface area contributed by atoms with E-state index in [2.05, 4.69) is 29.4 Å². The van der Waals surface area contributed by atoms with Gasteiger partial charge in [-0.3, -0.25) is 0 Å². The Morgan fingerprint density at radius 3 is 2.83 bits per heavy atom. The molecule has 1 heterocycles. The molecule has 18 heavy (non-hydrogen) atoms. The smallest absolute Gasteiger partial charge is 0.315 e. The summed E-state index contributed by atoms with van der Waals surface area (Å²) < 4.78 is 5.54. The maximum Gasteiger partial charge on any atom is 0.315 e. The zero-order valence-corrected chi connectivity index (χ0v) is 11.4. The summed E-state index contributed by atoms with van der Waals surface area (Å²) in [6.07, 6.45) is 5.75. The number of nitrogens with two attached hydrogens (primary N) is 1. The van der Waals surface area contributed by atoms with E-state index < -0.39 is 0 Å². The summed E-state index contributed by atoms with van der Waals surface area (Å²) in [5.41, 5.74) is 5.47. The Morgan fingerprint density at radius 2 is 2.11 bits per heavy atom. The van der Waals surface area contributed by atoms with Gasteiger partial charge < -0.3 is 15.5 Å². The van der Waals surface area contributed by atoms with Crippen LogP contribution in [-0.2, 0) is 6.42 Å². The Labute approximate surface area is 109 Å². The number of nitrogens with zero attached hydrogens (tertiary/aromatic N) is 2. The Bertz CT molecular complexity index is 364. The minimum absolute atomic E-state index is 0.463. The minimum atomic E-state index is 0.463. The molecule has 1 aliphatic carbocycles. The Morgan fingerprint density at radius 1 is 1.33 bits per heavy atom. The first-order valence-electron chi connectivity index (χ1n) is 6.99. The van der Waals surface area contributed by atoms with Gasteiger partial charge in [-0.05, 0) is 24.7 Å². The summed E-state index contributed by atoms with van der Waals surface area (Å²) in [7, 11) is 0. The Kier molecular flexibility index (Phi) is 4.58. The van der Waals surface area contributed by atoms with Crippen LogP contribution < -0.4 is 11.1 Å². The maximum absolute atomic E-state index is 5.54. The highest BCUT2D eigenvalue weighted by Gasteiger charge is 2.28. The molecule has 2 unspecified atom stereocenters. The molecule has 1 aliphatic rings. The molecule has 0 bridgehead atoms. The highest BCUT2D eigenvalue weighted by Crippen LogP contribution is 2.32. The summed E-state index contributed by atoms with van der Waals surface area (Å²) in [5.74, 6) is 2.01. The van der Waals surface area contributed by atoms with E-state index in [4.69, 9.17) is 10.2 Å². The largest absolute Gasteiger partial charge is 0.408 e. The number of anilines is 1. The number of nitrogens with one attached hydrogen (secondary N) is 1. The van der Waals surface area contributed by atoms with Gasteiger partial charge in [0.05, 0.1) is 0 Å². The zero-order chi connectivity index (χ0) is 13.0. The molecule has 1 aromatic rings. The number of hydrogen-bond acceptors (Lipinski definition) is 5. The molecule has 0 aromatic carbocycles. The third-order valence-corrected chi connectivity index (χ3v) is 3.81. The summed E-state index contributed by atoms with van der Waals surface area (Å²) >= 11 is 0. The van der Waals surface area contributed by atoms with Crippen molar-refractivity contribution >= 4 is 6.01 Å². The predicted molar refractivity (Wildman–Crippen MR) is 71.3 cm³/mol. The van der Waals surface area contributed by atoms with E-state index >= 15 is 0 Å². The fourth-order valence-electron chi connectivity index (χ4n) is 2.83. The van der Waals surface area contributed by atoms with Crippen molar-refractivity contribution < 1.29 is 4.42 Å². The molecule has 0 saturated heterocycles. The SMILES string of the molecule is CC(C)C1CCCCC1Nc1nnc(CCN)o1. The average molecular weight is 252 g/mol. The van der Waals surface area contributed by atoms with Gasteiger partial charge in [0.25, 0.3) is 0 Å². The van der Waals surface area contributed by atoms with Gasteiger partial charge in [0.2, 0.25) is 5.89 Å². The lowest BCUT2D eigenvalue weighted by Crippen LogP contribution is -2.35. The summed E-state index contributed by atoms with van der Waals surface area (Å²) in [6, 6.07) is 1.01. The fraction of sp³-hybridized carbons (Fsp3) is 0.846. The molecular weight excluding hydrogens is 228 g/mol. The van der Waals surface area contributed by atoms with E-state index in [1.54, 1.807) is 0 Å². The molecule has 102 valence electrons. The maximum atomic E-state index is 5.54. The van der Waals surface area contributed by atoms with E-state index in [1.165, 1.54) is 25.7 Å². The van der Waals surface area contributed by atoms with Gasteiger partial charge in [-0.25, -0.2) is 0 Å². The normalized spacial score (nSPS) is 24.4. The zero-order valence-electron chi connectivity index (χ0n) is 11.4. The van der Waals surface area contributed by atoms with Gasteiger partial charge in [-0.2, -0.15) is 0 Å². The molecule has 1 saturated carbocycles. The van der Waals surface area contributed by atoms with E-state index in [1.807, 2.05) is 0 Å². The minimum Gasteiger partial charge on any atom is -0.408 e. The summed E-state index contributed by atoms with van der Waals surface area (Å²) in [4.78, 5) is 0. The van der Waals surface area contributed by atoms with E-state index in [0.717, 1.165) is 0 Å². The van der Waals surface area contributed by atoms with Crippen molar-refractivity contribution in [1.82, 2.24) is 10.2 Å².